The molecule has 0 atom stereocenters. The molecule has 0 aromatic heterocycles. The van der Waals surface area contributed by atoms with Crippen LogP contribution in [-0.4, -0.2) is 25.8 Å². The molecule has 5 heteroatoms. The predicted molar refractivity (Wildman–Crippen MR) is 73.7 cm³/mol. The Morgan fingerprint density at radius 2 is 2.05 bits per heavy atom. The zero-order valence-corrected chi connectivity index (χ0v) is 11.8. The van der Waals surface area contributed by atoms with Gasteiger partial charge in [-0.3, -0.25) is 0 Å². The summed E-state index contributed by atoms with van der Waals surface area (Å²) >= 11 is 0. The van der Waals surface area contributed by atoms with E-state index in [1.54, 1.807) is 18.2 Å². The predicted octanol–water partition coefficient (Wildman–Crippen LogP) is 2.68. The Balaban J connectivity index is 2.58. The van der Waals surface area contributed by atoms with Crippen molar-refractivity contribution < 1.29 is 19.0 Å². The van der Waals surface area contributed by atoms with Gasteiger partial charge in [0.05, 0.1) is 24.8 Å². The van der Waals surface area contributed by atoms with Crippen molar-refractivity contribution in [3.63, 3.8) is 0 Å². The molecule has 20 heavy (non-hydrogen) atoms. The Labute approximate surface area is 119 Å². The molecule has 0 aliphatic rings. The van der Waals surface area contributed by atoms with E-state index in [4.69, 9.17) is 19.5 Å². The van der Waals surface area contributed by atoms with Gasteiger partial charge in [-0.1, -0.05) is 13.3 Å². The third-order valence-corrected chi connectivity index (χ3v) is 2.48. The van der Waals surface area contributed by atoms with E-state index in [0.29, 0.717) is 30.3 Å². The van der Waals surface area contributed by atoms with E-state index in [0.717, 1.165) is 12.8 Å². The Morgan fingerprint density at radius 3 is 2.70 bits per heavy atom. The van der Waals surface area contributed by atoms with Gasteiger partial charge < -0.3 is 14.2 Å². The van der Waals surface area contributed by atoms with Crippen LogP contribution in [0.3, 0.4) is 0 Å². The van der Waals surface area contributed by atoms with E-state index in [9.17, 15) is 4.79 Å². The molecule has 5 nitrogen and oxygen atoms in total. The quantitative estimate of drug-likeness (QED) is 0.539. The van der Waals surface area contributed by atoms with Crippen LogP contribution in [0.25, 0.3) is 0 Å². The maximum atomic E-state index is 11.4. The van der Waals surface area contributed by atoms with E-state index in [-0.39, 0.29) is 6.61 Å². The van der Waals surface area contributed by atoms with E-state index in [1.165, 1.54) is 0 Å². The van der Waals surface area contributed by atoms with Gasteiger partial charge in [-0.05, 0) is 25.5 Å². The van der Waals surface area contributed by atoms with Crippen LogP contribution >= 0.6 is 0 Å². The summed E-state index contributed by atoms with van der Waals surface area (Å²) in [6, 6.07) is 6.83. The molecule has 0 aliphatic heterocycles. The van der Waals surface area contributed by atoms with Gasteiger partial charge in [0.1, 0.15) is 0 Å². The number of rotatable bonds is 8. The molecule has 0 radical (unpaired) electrons. The Morgan fingerprint density at radius 1 is 1.25 bits per heavy atom. The van der Waals surface area contributed by atoms with Gasteiger partial charge in [0, 0.05) is 6.07 Å². The van der Waals surface area contributed by atoms with Gasteiger partial charge in [0.25, 0.3) is 0 Å². The SMILES string of the molecule is CCCCOC(=O)COc1ccc(C#N)cc1OCC. The molecule has 0 fully saturated rings. The third-order valence-electron chi connectivity index (χ3n) is 2.48. The highest BCUT2D eigenvalue weighted by Crippen LogP contribution is 2.28. The summed E-state index contributed by atoms with van der Waals surface area (Å²) in [6.07, 6.45) is 1.81. The number of hydrogen-bond acceptors (Lipinski definition) is 5. The van der Waals surface area contributed by atoms with Gasteiger partial charge in [0.15, 0.2) is 18.1 Å². The second kappa shape index (κ2) is 8.81. The number of ether oxygens (including phenoxy) is 3. The first kappa shape index (κ1) is 15.8. The highest BCUT2D eigenvalue weighted by atomic mass is 16.6. The van der Waals surface area contributed by atoms with Crippen LogP contribution in [0.1, 0.15) is 32.3 Å². The zero-order chi connectivity index (χ0) is 14.8. The smallest absolute Gasteiger partial charge is 0.344 e. The summed E-state index contributed by atoms with van der Waals surface area (Å²) in [5.41, 5.74) is 0.478. The molecule has 0 saturated heterocycles. The molecule has 0 unspecified atom stereocenters. The van der Waals surface area contributed by atoms with Gasteiger partial charge >= 0.3 is 5.97 Å². The summed E-state index contributed by atoms with van der Waals surface area (Å²) in [5, 5.41) is 8.84. The fraction of sp³-hybridized carbons (Fsp3) is 0.467. The molecule has 108 valence electrons. The Kier molecular flexibility index (Phi) is 6.97. The largest absolute Gasteiger partial charge is 0.490 e. The first-order chi connectivity index (χ1) is 9.71. The van der Waals surface area contributed by atoms with Crippen molar-refractivity contribution in [1.29, 1.82) is 5.26 Å². The van der Waals surface area contributed by atoms with Crippen molar-refractivity contribution in [1.82, 2.24) is 0 Å². The van der Waals surface area contributed by atoms with Crippen LogP contribution in [0.15, 0.2) is 18.2 Å². The monoisotopic (exact) mass is 277 g/mol. The van der Waals surface area contributed by atoms with Crippen LogP contribution in [0, 0.1) is 11.3 Å². The van der Waals surface area contributed by atoms with Crippen LogP contribution < -0.4 is 9.47 Å². The first-order valence-corrected chi connectivity index (χ1v) is 6.66. The number of carbonyl (C=O) groups excluding carboxylic acids is 1. The summed E-state index contributed by atoms with van der Waals surface area (Å²) in [4.78, 5) is 11.4. The molecule has 0 aliphatic carbocycles. The second-order valence-electron chi connectivity index (χ2n) is 4.07. The molecule has 0 bridgehead atoms. The number of benzene rings is 1. The minimum absolute atomic E-state index is 0.171. The van der Waals surface area contributed by atoms with Crippen molar-refractivity contribution in [3.05, 3.63) is 23.8 Å². The maximum absolute atomic E-state index is 11.4. The highest BCUT2D eigenvalue weighted by molar-refractivity contribution is 5.71. The third kappa shape index (κ3) is 5.19. The molecule has 1 aromatic carbocycles. The fourth-order valence-corrected chi connectivity index (χ4v) is 1.47. The molecule has 0 heterocycles. The maximum Gasteiger partial charge on any atom is 0.344 e. The van der Waals surface area contributed by atoms with Gasteiger partial charge in [-0.15, -0.1) is 0 Å². The topological polar surface area (TPSA) is 68.5 Å². The van der Waals surface area contributed by atoms with E-state index < -0.39 is 5.97 Å². The number of hydrogen-bond donors (Lipinski definition) is 0. The molecule has 1 rings (SSSR count). The lowest BCUT2D eigenvalue weighted by Gasteiger charge is -2.11. The Hall–Kier alpha value is -2.22. The fourth-order valence-electron chi connectivity index (χ4n) is 1.47. The molecular weight excluding hydrogens is 258 g/mol. The standard InChI is InChI=1S/C15H19NO4/c1-3-5-8-19-15(17)11-20-13-7-6-12(10-16)9-14(13)18-4-2/h6-7,9H,3-5,8,11H2,1-2H3. The molecule has 0 spiro atoms. The van der Waals surface area contributed by atoms with E-state index in [1.807, 2.05) is 19.9 Å². The number of carbonyl (C=O) groups is 1. The molecule has 0 saturated carbocycles. The molecular formula is C15H19NO4. The summed E-state index contributed by atoms with van der Waals surface area (Å²) in [5.74, 6) is 0.469. The second-order valence-corrected chi connectivity index (χ2v) is 4.07. The molecule has 1 aromatic rings. The minimum atomic E-state index is -0.412. The van der Waals surface area contributed by atoms with Crippen molar-refractivity contribution >= 4 is 5.97 Å². The van der Waals surface area contributed by atoms with E-state index >= 15 is 0 Å². The summed E-state index contributed by atoms with van der Waals surface area (Å²) in [6.45, 7) is 4.55. The minimum Gasteiger partial charge on any atom is -0.490 e. The van der Waals surface area contributed by atoms with Gasteiger partial charge in [0.2, 0.25) is 0 Å². The first-order valence-electron chi connectivity index (χ1n) is 6.66. The molecule has 0 N–H and O–H groups in total. The van der Waals surface area contributed by atoms with Crippen molar-refractivity contribution in [2.45, 2.75) is 26.7 Å². The number of nitriles is 1. The number of nitrogens with zero attached hydrogens (tertiary/aromatic N) is 1. The van der Waals surface area contributed by atoms with Crippen LogP contribution in [0.5, 0.6) is 11.5 Å². The lowest BCUT2D eigenvalue weighted by atomic mass is 10.2. The van der Waals surface area contributed by atoms with E-state index in [2.05, 4.69) is 0 Å². The summed E-state index contributed by atoms with van der Waals surface area (Å²) in [7, 11) is 0. The van der Waals surface area contributed by atoms with Gasteiger partial charge in [-0.25, -0.2) is 4.79 Å². The van der Waals surface area contributed by atoms with Crippen LogP contribution in [0.4, 0.5) is 0 Å². The van der Waals surface area contributed by atoms with Crippen LogP contribution in [0.2, 0.25) is 0 Å². The lowest BCUT2D eigenvalue weighted by Crippen LogP contribution is -2.15. The number of esters is 1. The number of unbranched alkanes of at least 4 members (excludes halogenated alkanes) is 1. The Bertz CT molecular complexity index is 479. The average molecular weight is 277 g/mol. The lowest BCUT2D eigenvalue weighted by molar-refractivity contribution is -0.146. The zero-order valence-electron chi connectivity index (χ0n) is 11.8. The van der Waals surface area contributed by atoms with Crippen molar-refractivity contribution in [3.8, 4) is 17.6 Å². The summed E-state index contributed by atoms with van der Waals surface area (Å²) < 4.78 is 15.7. The van der Waals surface area contributed by atoms with Crippen molar-refractivity contribution in [2.75, 3.05) is 19.8 Å². The average Bonchev–Trinajstić information content (AvgIpc) is 2.46. The van der Waals surface area contributed by atoms with Gasteiger partial charge in [-0.2, -0.15) is 5.26 Å². The van der Waals surface area contributed by atoms with Crippen molar-refractivity contribution in [2.24, 2.45) is 0 Å². The van der Waals surface area contributed by atoms with Crippen LogP contribution in [-0.2, 0) is 9.53 Å². The molecule has 0 amide bonds. The highest BCUT2D eigenvalue weighted by Gasteiger charge is 2.09. The normalized spacial score (nSPS) is 9.65.